The molecule has 0 aromatic heterocycles. The Morgan fingerprint density at radius 3 is 1.42 bits per heavy atom. The second-order valence-electron chi connectivity index (χ2n) is 18.0. The molecule has 7 fully saturated rings. The fourth-order valence-corrected chi connectivity index (χ4v) is 8.59. The zero-order chi connectivity index (χ0) is 46.4. The summed E-state index contributed by atoms with van der Waals surface area (Å²) >= 11 is 0. The Morgan fingerprint density at radius 1 is 0.532 bits per heavy atom. The van der Waals surface area contributed by atoms with Gasteiger partial charge >= 0.3 is 23.9 Å². The molecular formula is C41H64O21. The van der Waals surface area contributed by atoms with E-state index < -0.39 is 121 Å². The minimum atomic E-state index is -1.30. The molecule has 0 amide bonds. The zero-order valence-corrected chi connectivity index (χ0v) is 38.0. The van der Waals surface area contributed by atoms with E-state index in [1.165, 1.54) is 20.8 Å². The van der Waals surface area contributed by atoms with Crippen LogP contribution in [0.2, 0.25) is 0 Å². The Balaban J connectivity index is 0.000000178. The third kappa shape index (κ3) is 11.8. The van der Waals surface area contributed by atoms with Gasteiger partial charge in [-0.25, -0.2) is 0 Å². The highest BCUT2D eigenvalue weighted by Gasteiger charge is 2.62. The summed E-state index contributed by atoms with van der Waals surface area (Å²) in [5.41, 5.74) is 0. The van der Waals surface area contributed by atoms with E-state index in [-0.39, 0.29) is 30.5 Å². The highest BCUT2D eigenvalue weighted by atomic mass is 16.9. The Hall–Kier alpha value is -2.93. The van der Waals surface area contributed by atoms with E-state index >= 15 is 0 Å². The van der Waals surface area contributed by atoms with Gasteiger partial charge in [-0.2, -0.15) is 0 Å². The molecule has 0 spiro atoms. The lowest BCUT2D eigenvalue weighted by Crippen LogP contribution is -2.60. The first-order valence-corrected chi connectivity index (χ1v) is 20.7. The van der Waals surface area contributed by atoms with Crippen LogP contribution in [0.25, 0.3) is 0 Å². The second kappa shape index (κ2) is 18.9. The summed E-state index contributed by atoms with van der Waals surface area (Å²) < 4.78 is 84.1. The molecule has 7 aliphatic heterocycles. The SMILES string of the molecule is CC(=O)OC1O[C@@H]([C@@H](C)OC(C)=O)[C@@H](C)[C@@H](OC(C)=O)[C@@H]1OC(C)=O.CC1(C)OC2O[C@@H](C=O)[C@H]3OC(C)(C)OC3[C@@H]2O1.C[C@@H](O)[C@@H]1OC2OC(C)(C)O[C@H]2C2OC(C)(C)O[C@@H]21. The molecule has 7 aliphatic rings. The van der Waals surface area contributed by atoms with Gasteiger partial charge in [0.15, 0.2) is 42.0 Å². The summed E-state index contributed by atoms with van der Waals surface area (Å²) in [5.74, 6) is -5.86. The molecule has 0 aromatic carbocycles. The van der Waals surface area contributed by atoms with Crippen molar-refractivity contribution in [1.29, 1.82) is 0 Å². The van der Waals surface area contributed by atoms with Gasteiger partial charge < -0.3 is 81.0 Å². The van der Waals surface area contributed by atoms with Gasteiger partial charge in [-0.15, -0.1) is 0 Å². The second-order valence-corrected chi connectivity index (χ2v) is 18.0. The van der Waals surface area contributed by atoms with Gasteiger partial charge in [0.1, 0.15) is 67.1 Å². The van der Waals surface area contributed by atoms with Crippen molar-refractivity contribution in [3.63, 3.8) is 0 Å². The summed E-state index contributed by atoms with van der Waals surface area (Å²) in [6.07, 6.45) is -9.22. The van der Waals surface area contributed by atoms with E-state index in [2.05, 4.69) is 0 Å². The number of carbonyl (C=O) groups excluding carboxylic acids is 5. The van der Waals surface area contributed by atoms with Crippen molar-refractivity contribution in [3.05, 3.63) is 0 Å². The van der Waals surface area contributed by atoms with Crippen LogP contribution < -0.4 is 0 Å². The van der Waals surface area contributed by atoms with Crippen LogP contribution >= 0.6 is 0 Å². The zero-order valence-electron chi connectivity index (χ0n) is 38.0. The molecule has 5 unspecified atom stereocenters. The van der Waals surface area contributed by atoms with E-state index in [1.54, 1.807) is 34.6 Å². The van der Waals surface area contributed by atoms with Gasteiger partial charge in [0, 0.05) is 33.6 Å². The normalized spacial score (nSPS) is 41.1. The Labute approximate surface area is 361 Å². The van der Waals surface area contributed by atoms with Crippen LogP contribution in [0.3, 0.4) is 0 Å². The van der Waals surface area contributed by atoms with Gasteiger partial charge in [0.2, 0.25) is 12.4 Å². The molecule has 0 aliphatic carbocycles. The number of hydrogen-bond donors (Lipinski definition) is 1. The Bertz CT molecular complexity index is 1630. The maximum atomic E-state index is 11.5. The van der Waals surface area contributed by atoms with Gasteiger partial charge in [0.05, 0.1) is 6.10 Å². The van der Waals surface area contributed by atoms with Crippen LogP contribution in [-0.4, -0.2) is 157 Å². The molecule has 1 N–H and O–H groups in total. The quantitative estimate of drug-likeness (QED) is 0.218. The highest BCUT2D eigenvalue weighted by molar-refractivity contribution is 5.68. The maximum Gasteiger partial charge on any atom is 0.305 e. The van der Waals surface area contributed by atoms with Crippen LogP contribution in [0.5, 0.6) is 0 Å². The summed E-state index contributed by atoms with van der Waals surface area (Å²) in [6.45, 7) is 24.4. The number of aliphatic hydroxyl groups excluding tert-OH is 1. The van der Waals surface area contributed by atoms with Gasteiger partial charge in [-0.3, -0.25) is 19.2 Å². The molecule has 62 heavy (non-hydrogen) atoms. The Kier molecular flexibility index (Phi) is 15.3. The smallest absolute Gasteiger partial charge is 0.305 e. The lowest BCUT2D eigenvalue weighted by Gasteiger charge is -2.44. The number of esters is 4. The molecule has 0 bridgehead atoms. The first kappa shape index (κ1) is 50.1. The molecular weight excluding hydrogens is 828 g/mol. The van der Waals surface area contributed by atoms with Crippen molar-refractivity contribution < 1.29 is 100 Å². The lowest BCUT2D eigenvalue weighted by atomic mass is 9.87. The number of fused-ring (bicyclic) bond motifs is 6. The summed E-state index contributed by atoms with van der Waals surface area (Å²) in [4.78, 5) is 56.6. The van der Waals surface area contributed by atoms with Crippen molar-refractivity contribution in [2.75, 3.05) is 0 Å². The van der Waals surface area contributed by atoms with Gasteiger partial charge in [0.25, 0.3) is 0 Å². The number of carbonyl (C=O) groups is 5. The summed E-state index contributed by atoms with van der Waals surface area (Å²) in [5, 5.41) is 9.89. The first-order chi connectivity index (χ1) is 28.5. The Morgan fingerprint density at radius 2 is 0.952 bits per heavy atom. The highest BCUT2D eigenvalue weighted by Crippen LogP contribution is 2.46. The van der Waals surface area contributed by atoms with Crippen LogP contribution in [0.1, 0.15) is 104 Å². The molecule has 7 heterocycles. The van der Waals surface area contributed by atoms with Crippen LogP contribution in [0.15, 0.2) is 0 Å². The third-order valence-corrected chi connectivity index (χ3v) is 10.6. The molecule has 21 nitrogen and oxygen atoms in total. The van der Waals surface area contributed by atoms with E-state index in [1.807, 2.05) is 41.5 Å². The van der Waals surface area contributed by atoms with E-state index in [9.17, 15) is 29.1 Å². The maximum absolute atomic E-state index is 11.5. The van der Waals surface area contributed by atoms with Crippen molar-refractivity contribution in [2.24, 2.45) is 5.92 Å². The molecule has 354 valence electrons. The number of ether oxygens (including phenoxy) is 15. The van der Waals surface area contributed by atoms with Gasteiger partial charge in [-0.1, -0.05) is 6.92 Å². The van der Waals surface area contributed by atoms with Gasteiger partial charge in [-0.05, 0) is 69.2 Å². The van der Waals surface area contributed by atoms with Crippen LogP contribution in [0.4, 0.5) is 0 Å². The van der Waals surface area contributed by atoms with E-state index in [0.29, 0.717) is 0 Å². The lowest BCUT2D eigenvalue weighted by molar-refractivity contribution is -0.293. The van der Waals surface area contributed by atoms with Crippen molar-refractivity contribution in [3.8, 4) is 0 Å². The fraction of sp³-hybridized carbons (Fsp3) is 0.878. The largest absolute Gasteiger partial charge is 0.460 e. The minimum absolute atomic E-state index is 0.296. The number of aliphatic hydroxyl groups is 1. The molecule has 21 heteroatoms. The standard InChI is InChI=1S/C16H24O9.C13H22O6.C12H18O6/c1-7-13(8(2)21-9(3)17)25-16(24-12(6)20)15(23-11(5)19)14(7)22-10(4)18;1-6(14)7-8-9(17-12(2,3)16-8)10-11(15-7)19-13(4,5)18-10;1-11(2)15-7-6(5-13)14-10-9(8(7)16-11)17-12(3,4)18-10/h7-8,13-16H,1-6H3;6-11,14H,1-5H3;5-10H,1-4H3/t7-,8-,13-,14-,15+,16?;6-,7+,8-,9?,10+,11?;6-,7+,8?,9-,10?/m110/s1. The molecule has 0 saturated carbocycles. The van der Waals surface area contributed by atoms with Crippen molar-refractivity contribution >= 4 is 30.2 Å². The topological polar surface area (TPSA) is 244 Å². The predicted molar refractivity (Wildman–Crippen MR) is 205 cm³/mol. The fourth-order valence-electron chi connectivity index (χ4n) is 8.59. The van der Waals surface area contributed by atoms with Crippen molar-refractivity contribution in [2.45, 2.75) is 225 Å². The minimum Gasteiger partial charge on any atom is -0.460 e. The van der Waals surface area contributed by atoms with Crippen LogP contribution in [0, 0.1) is 5.92 Å². The third-order valence-electron chi connectivity index (χ3n) is 10.6. The predicted octanol–water partition coefficient (Wildman–Crippen LogP) is 2.07. The number of rotatable bonds is 7. The van der Waals surface area contributed by atoms with E-state index in [4.69, 9.17) is 71.1 Å². The number of hydrogen-bond acceptors (Lipinski definition) is 21. The van der Waals surface area contributed by atoms with Crippen molar-refractivity contribution in [1.82, 2.24) is 0 Å². The van der Waals surface area contributed by atoms with E-state index in [0.717, 1.165) is 13.2 Å². The average molecular weight is 893 g/mol. The number of aldehydes is 1. The summed E-state index contributed by atoms with van der Waals surface area (Å²) in [7, 11) is 0. The molecule has 0 aromatic rings. The first-order valence-electron chi connectivity index (χ1n) is 20.7. The molecule has 7 rings (SSSR count). The van der Waals surface area contributed by atoms with Crippen LogP contribution in [-0.2, 0) is 95.0 Å². The summed E-state index contributed by atoms with van der Waals surface area (Å²) in [6, 6.07) is 0. The average Bonchev–Trinajstić information content (AvgIpc) is 3.82. The monoisotopic (exact) mass is 892 g/mol. The molecule has 17 atom stereocenters. The molecule has 7 saturated heterocycles. The molecule has 0 radical (unpaired) electrons.